The lowest BCUT2D eigenvalue weighted by Crippen LogP contribution is -2.33. The Balaban J connectivity index is 1.18. The van der Waals surface area contributed by atoms with Crippen LogP contribution in [0.1, 0.15) is 60.4 Å². The van der Waals surface area contributed by atoms with Crippen molar-refractivity contribution in [3.63, 3.8) is 0 Å². The lowest BCUT2D eigenvalue weighted by molar-refractivity contribution is 0.0697. The van der Waals surface area contributed by atoms with Crippen LogP contribution in [0.15, 0.2) is 54.7 Å². The molecule has 7 nitrogen and oxygen atoms in total. The van der Waals surface area contributed by atoms with E-state index in [0.29, 0.717) is 5.92 Å². The zero-order chi connectivity index (χ0) is 25.6. The molecule has 194 valence electrons. The second-order valence-electron chi connectivity index (χ2n) is 9.77. The Hall–Kier alpha value is -3.07. The van der Waals surface area contributed by atoms with Gasteiger partial charge in [-0.05, 0) is 68.9 Å². The van der Waals surface area contributed by atoms with Crippen molar-refractivity contribution in [3.8, 4) is 21.8 Å². The second kappa shape index (κ2) is 12.0. The van der Waals surface area contributed by atoms with Crippen LogP contribution in [0, 0.1) is 0 Å². The third kappa shape index (κ3) is 6.09. The molecule has 5 rings (SSSR count). The highest BCUT2D eigenvalue weighted by molar-refractivity contribution is 7.19. The first-order chi connectivity index (χ1) is 18.1. The smallest absolute Gasteiger partial charge is 0.335 e. The largest absolute Gasteiger partial charge is 0.478 e. The van der Waals surface area contributed by atoms with Gasteiger partial charge in [-0.3, -0.25) is 0 Å². The maximum atomic E-state index is 11.2. The highest BCUT2D eigenvalue weighted by atomic mass is 32.1. The molecule has 2 aromatic carbocycles. The molecule has 3 heterocycles. The Morgan fingerprint density at radius 3 is 2.41 bits per heavy atom. The Kier molecular flexibility index (Phi) is 8.28. The number of carbonyl (C=O) groups is 1. The number of fused-ring (bicyclic) bond motifs is 1. The predicted molar refractivity (Wildman–Crippen MR) is 147 cm³/mol. The summed E-state index contributed by atoms with van der Waals surface area (Å²) in [5.41, 5.74) is 4.53. The topological polar surface area (TPSA) is 80.0 Å². The van der Waals surface area contributed by atoms with E-state index in [-0.39, 0.29) is 5.56 Å². The van der Waals surface area contributed by atoms with E-state index in [4.69, 9.17) is 14.9 Å². The lowest BCUT2D eigenvalue weighted by Gasteiger charge is -2.32. The highest BCUT2D eigenvalue weighted by Crippen LogP contribution is 2.32. The number of imidazole rings is 1. The molecular formula is C29H34N4O3S. The van der Waals surface area contributed by atoms with Crippen LogP contribution in [0.3, 0.4) is 0 Å². The number of ether oxygens (including phenoxy) is 1. The SMILES string of the molecule is COCCCCCCN1CCC(c2ccc(-c3nn4c(-c5ccc(C(=O)O)cc5)cnc4s3)cc2)CC1. The van der Waals surface area contributed by atoms with Gasteiger partial charge >= 0.3 is 5.97 Å². The Labute approximate surface area is 221 Å². The number of nitrogens with zero attached hydrogens (tertiary/aromatic N) is 4. The summed E-state index contributed by atoms with van der Waals surface area (Å²) in [6.07, 6.45) is 9.25. The molecule has 1 aliphatic heterocycles. The zero-order valence-electron chi connectivity index (χ0n) is 21.3. The maximum absolute atomic E-state index is 11.2. The van der Waals surface area contributed by atoms with Crippen molar-refractivity contribution in [2.45, 2.75) is 44.4 Å². The van der Waals surface area contributed by atoms with Crippen molar-refractivity contribution in [1.29, 1.82) is 0 Å². The van der Waals surface area contributed by atoms with Crippen LogP contribution < -0.4 is 0 Å². The number of piperidine rings is 1. The van der Waals surface area contributed by atoms with E-state index in [0.717, 1.165) is 33.4 Å². The summed E-state index contributed by atoms with van der Waals surface area (Å²) in [7, 11) is 1.78. The fourth-order valence-electron chi connectivity index (χ4n) is 5.11. The van der Waals surface area contributed by atoms with Crippen molar-refractivity contribution >= 4 is 22.3 Å². The third-order valence-electron chi connectivity index (χ3n) is 7.30. The molecule has 1 aliphatic rings. The number of carboxylic acids is 1. The van der Waals surface area contributed by atoms with Crippen LogP contribution in [0.4, 0.5) is 0 Å². The molecule has 0 radical (unpaired) electrons. The lowest BCUT2D eigenvalue weighted by atomic mass is 9.89. The van der Waals surface area contributed by atoms with E-state index < -0.39 is 5.97 Å². The average Bonchev–Trinajstić information content (AvgIpc) is 3.53. The molecule has 0 amide bonds. The Morgan fingerprint density at radius 1 is 1.00 bits per heavy atom. The van der Waals surface area contributed by atoms with Crippen molar-refractivity contribution in [2.75, 3.05) is 33.4 Å². The summed E-state index contributed by atoms with van der Waals surface area (Å²) in [6, 6.07) is 15.7. The number of aromatic carboxylic acids is 1. The summed E-state index contributed by atoms with van der Waals surface area (Å²) in [4.78, 5) is 19.1. The van der Waals surface area contributed by atoms with E-state index >= 15 is 0 Å². The first-order valence-corrected chi connectivity index (χ1v) is 13.9. The van der Waals surface area contributed by atoms with Crippen molar-refractivity contribution in [2.24, 2.45) is 0 Å². The molecular weight excluding hydrogens is 484 g/mol. The molecule has 0 saturated carbocycles. The second-order valence-corrected chi connectivity index (χ2v) is 10.7. The van der Waals surface area contributed by atoms with Crippen LogP contribution in [-0.2, 0) is 4.74 Å². The van der Waals surface area contributed by atoms with Crippen LogP contribution in [0.2, 0.25) is 0 Å². The van der Waals surface area contributed by atoms with Crippen LogP contribution in [0.25, 0.3) is 26.8 Å². The quantitative estimate of drug-likeness (QED) is 0.238. The van der Waals surface area contributed by atoms with E-state index in [1.54, 1.807) is 48.9 Å². The maximum Gasteiger partial charge on any atom is 0.335 e. The molecule has 1 fully saturated rings. The molecule has 1 N–H and O–H groups in total. The molecule has 0 aliphatic carbocycles. The van der Waals surface area contributed by atoms with Crippen molar-refractivity contribution in [1.82, 2.24) is 19.5 Å². The zero-order valence-corrected chi connectivity index (χ0v) is 22.1. The third-order valence-corrected chi connectivity index (χ3v) is 8.27. The van der Waals surface area contributed by atoms with Gasteiger partial charge in [0.15, 0.2) is 0 Å². The number of benzene rings is 2. The Morgan fingerprint density at radius 2 is 1.70 bits per heavy atom. The number of carboxylic acid groups (broad SMARTS) is 1. The fourth-order valence-corrected chi connectivity index (χ4v) is 5.99. The summed E-state index contributed by atoms with van der Waals surface area (Å²) in [6.45, 7) is 4.47. The first kappa shape index (κ1) is 25.6. The minimum atomic E-state index is -0.931. The average molecular weight is 519 g/mol. The molecule has 8 heteroatoms. The molecule has 4 aromatic rings. The van der Waals surface area contributed by atoms with Gasteiger partial charge in [-0.1, -0.05) is 60.6 Å². The molecule has 0 atom stereocenters. The normalized spacial score (nSPS) is 14.9. The van der Waals surface area contributed by atoms with Gasteiger partial charge in [-0.15, -0.1) is 0 Å². The van der Waals surface area contributed by atoms with Gasteiger partial charge in [0.05, 0.1) is 17.5 Å². The number of rotatable bonds is 11. The van der Waals surface area contributed by atoms with E-state index in [1.807, 2.05) is 4.52 Å². The van der Waals surface area contributed by atoms with Crippen LogP contribution in [-0.4, -0.2) is 63.9 Å². The molecule has 37 heavy (non-hydrogen) atoms. The van der Waals surface area contributed by atoms with Gasteiger partial charge in [-0.25, -0.2) is 14.3 Å². The number of methoxy groups -OCH3 is 1. The Bertz CT molecular complexity index is 1310. The van der Waals surface area contributed by atoms with Crippen LogP contribution in [0.5, 0.6) is 0 Å². The summed E-state index contributed by atoms with van der Waals surface area (Å²) in [5.74, 6) is -0.305. The molecule has 2 aromatic heterocycles. The number of aromatic nitrogens is 3. The summed E-state index contributed by atoms with van der Waals surface area (Å²) < 4.78 is 6.98. The minimum Gasteiger partial charge on any atom is -0.478 e. The number of hydrogen-bond donors (Lipinski definition) is 1. The number of likely N-dealkylation sites (tertiary alicyclic amines) is 1. The van der Waals surface area contributed by atoms with Gasteiger partial charge in [-0.2, -0.15) is 5.10 Å². The van der Waals surface area contributed by atoms with Crippen molar-refractivity contribution < 1.29 is 14.6 Å². The molecule has 0 bridgehead atoms. The number of unbranched alkanes of at least 4 members (excludes halogenated alkanes) is 3. The molecule has 0 unspecified atom stereocenters. The predicted octanol–water partition coefficient (Wildman–Crippen LogP) is 6.21. The minimum absolute atomic E-state index is 0.267. The standard InChI is InChI=1S/C29H34N4O3S/c1-36-19-5-3-2-4-16-32-17-14-22(15-18-32)21-6-10-24(11-7-21)27-31-33-26(20-30-29(33)37-27)23-8-12-25(13-9-23)28(34)35/h6-13,20,22H,2-5,14-19H2,1H3,(H,34,35). The van der Waals surface area contributed by atoms with Gasteiger partial charge in [0.25, 0.3) is 0 Å². The van der Waals surface area contributed by atoms with Crippen LogP contribution >= 0.6 is 11.3 Å². The summed E-state index contributed by atoms with van der Waals surface area (Å²) >= 11 is 1.56. The van der Waals surface area contributed by atoms with Gasteiger partial charge in [0.1, 0.15) is 5.01 Å². The molecule has 0 spiro atoms. The molecule has 1 saturated heterocycles. The van der Waals surface area contributed by atoms with E-state index in [9.17, 15) is 4.79 Å². The summed E-state index contributed by atoms with van der Waals surface area (Å²) in [5, 5.41) is 14.9. The fraction of sp³-hybridized carbons (Fsp3) is 0.414. The monoisotopic (exact) mass is 518 g/mol. The first-order valence-electron chi connectivity index (χ1n) is 13.1. The highest BCUT2D eigenvalue weighted by Gasteiger charge is 2.21. The van der Waals surface area contributed by atoms with E-state index in [1.165, 1.54) is 63.7 Å². The van der Waals surface area contributed by atoms with E-state index in [2.05, 4.69) is 34.1 Å². The van der Waals surface area contributed by atoms with Gasteiger partial charge < -0.3 is 14.7 Å². The van der Waals surface area contributed by atoms with Crippen molar-refractivity contribution in [3.05, 3.63) is 65.9 Å². The van der Waals surface area contributed by atoms with Gasteiger partial charge in [0, 0.05) is 24.8 Å². The number of hydrogen-bond acceptors (Lipinski definition) is 6. The van der Waals surface area contributed by atoms with Gasteiger partial charge in [0.2, 0.25) is 4.96 Å².